The number of hydrogen-bond donors (Lipinski definition) is 11. The fourth-order valence-corrected chi connectivity index (χ4v) is 4.42. The molecule has 15 atom stereocenters. The molecule has 0 aromatic carbocycles. The zero-order valence-corrected chi connectivity index (χ0v) is 19.9. The number of aliphatic carboxylic acids is 1. The number of carboxylic acids is 1. The predicted octanol–water partition coefficient (Wildman–Crippen LogP) is -7.34. The van der Waals surface area contributed by atoms with E-state index in [2.05, 4.69) is 5.32 Å². The van der Waals surface area contributed by atoms with Gasteiger partial charge in [-0.15, -0.1) is 0 Å². The molecule has 18 nitrogen and oxygen atoms in total. The van der Waals surface area contributed by atoms with Crippen molar-refractivity contribution >= 4 is 11.9 Å². The Morgan fingerprint density at radius 1 is 0.711 bits per heavy atom. The van der Waals surface area contributed by atoms with Gasteiger partial charge in [0.25, 0.3) is 0 Å². The van der Waals surface area contributed by atoms with Crippen LogP contribution in [0.15, 0.2) is 0 Å². The highest BCUT2D eigenvalue weighted by Gasteiger charge is 2.55. The normalized spacial score (nSPS) is 47.9. The zero-order chi connectivity index (χ0) is 28.5. The van der Waals surface area contributed by atoms with Gasteiger partial charge >= 0.3 is 5.97 Å². The Labute approximate surface area is 214 Å². The number of aliphatic hydroxyl groups is 9. The van der Waals surface area contributed by atoms with Gasteiger partial charge in [-0.05, 0) is 0 Å². The third-order valence-electron chi connectivity index (χ3n) is 6.46. The van der Waals surface area contributed by atoms with Crippen LogP contribution in [0.4, 0.5) is 0 Å². The van der Waals surface area contributed by atoms with Gasteiger partial charge in [-0.25, -0.2) is 4.79 Å². The van der Waals surface area contributed by atoms with Crippen LogP contribution in [-0.2, 0) is 33.3 Å². The molecule has 0 aromatic rings. The summed E-state index contributed by atoms with van der Waals surface area (Å²) in [6.07, 6.45) is -25.8. The van der Waals surface area contributed by atoms with Crippen molar-refractivity contribution in [3.8, 4) is 0 Å². The maximum Gasteiger partial charge on any atom is 0.335 e. The van der Waals surface area contributed by atoms with Gasteiger partial charge in [-0.3, -0.25) is 4.79 Å². The van der Waals surface area contributed by atoms with Crippen LogP contribution in [0.2, 0.25) is 0 Å². The average Bonchev–Trinajstić information content (AvgIpc) is 2.86. The van der Waals surface area contributed by atoms with E-state index < -0.39 is 117 Å². The molecule has 3 aliphatic heterocycles. The van der Waals surface area contributed by atoms with E-state index in [-0.39, 0.29) is 0 Å². The number of ether oxygens (including phenoxy) is 5. The number of aliphatic hydroxyl groups excluding tert-OH is 9. The summed E-state index contributed by atoms with van der Waals surface area (Å²) in [5.74, 6) is -2.44. The maximum absolute atomic E-state index is 12.0. The molecule has 18 heteroatoms. The molecule has 3 saturated heterocycles. The predicted molar refractivity (Wildman–Crippen MR) is 113 cm³/mol. The fraction of sp³-hybridized carbons (Fsp3) is 0.900. The van der Waals surface area contributed by atoms with Crippen LogP contribution in [0.1, 0.15) is 6.92 Å². The van der Waals surface area contributed by atoms with E-state index in [9.17, 15) is 60.7 Å². The Hall–Kier alpha value is -1.62. The molecule has 0 unspecified atom stereocenters. The first-order chi connectivity index (χ1) is 17.8. The summed E-state index contributed by atoms with van der Waals surface area (Å²) in [4.78, 5) is 23.6. The van der Waals surface area contributed by atoms with Crippen LogP contribution in [0.25, 0.3) is 0 Å². The number of carbonyl (C=O) groups is 2. The molecule has 38 heavy (non-hydrogen) atoms. The molecule has 3 heterocycles. The molecule has 3 rings (SSSR count). The zero-order valence-electron chi connectivity index (χ0n) is 19.9. The number of hydrogen-bond acceptors (Lipinski definition) is 16. The molecule has 220 valence electrons. The number of rotatable bonds is 8. The summed E-state index contributed by atoms with van der Waals surface area (Å²) in [5.41, 5.74) is 0. The minimum Gasteiger partial charge on any atom is -0.479 e. The molecule has 3 fully saturated rings. The van der Waals surface area contributed by atoms with E-state index in [1.54, 1.807) is 0 Å². The number of carboxylic acid groups (broad SMARTS) is 1. The van der Waals surface area contributed by atoms with Crippen LogP contribution >= 0.6 is 0 Å². The Kier molecular flexibility index (Phi) is 10.3. The van der Waals surface area contributed by atoms with E-state index in [0.717, 1.165) is 6.92 Å². The first-order valence-electron chi connectivity index (χ1n) is 11.6. The summed E-state index contributed by atoms with van der Waals surface area (Å²) in [6, 6.07) is -1.48. The Balaban J connectivity index is 1.81. The third-order valence-corrected chi connectivity index (χ3v) is 6.46. The van der Waals surface area contributed by atoms with Gasteiger partial charge in [-0.1, -0.05) is 0 Å². The Morgan fingerprint density at radius 3 is 1.79 bits per heavy atom. The summed E-state index contributed by atoms with van der Waals surface area (Å²) in [6.45, 7) is -0.543. The largest absolute Gasteiger partial charge is 0.479 e. The highest BCUT2D eigenvalue weighted by Crippen LogP contribution is 2.32. The van der Waals surface area contributed by atoms with Crippen LogP contribution in [0, 0.1) is 0 Å². The standard InChI is InChI=1S/C20H33NO17/c1-4(24)21-7-14(9(26)6(3-23)34-18(7)33)36-20-13(30)11(28)15(16(38-20)17(31)32)37-19-12(29)10(27)8(25)5(2-22)35-19/h5-16,18-20,22-23,25-30,33H,2-3H2,1H3,(H,21,24)(H,31,32)/t5-,6-,7-,8-,9+,10+,11-,12-,13-,14-,15+,16+,18-,19-,20-/m1/s1. The van der Waals surface area contributed by atoms with Crippen LogP contribution in [0.5, 0.6) is 0 Å². The van der Waals surface area contributed by atoms with E-state index in [1.807, 2.05) is 0 Å². The highest BCUT2D eigenvalue weighted by atomic mass is 16.7. The van der Waals surface area contributed by atoms with Gasteiger partial charge in [0.05, 0.1) is 13.2 Å². The summed E-state index contributed by atoms with van der Waals surface area (Å²) < 4.78 is 26.3. The lowest BCUT2D eigenvalue weighted by atomic mass is 9.95. The van der Waals surface area contributed by atoms with E-state index >= 15 is 0 Å². The molecule has 0 spiro atoms. The van der Waals surface area contributed by atoms with Crippen LogP contribution in [0.3, 0.4) is 0 Å². The second kappa shape index (κ2) is 12.7. The van der Waals surface area contributed by atoms with Gasteiger partial charge in [0.15, 0.2) is 25.0 Å². The van der Waals surface area contributed by atoms with E-state index in [4.69, 9.17) is 23.7 Å². The third kappa shape index (κ3) is 6.24. The summed E-state index contributed by atoms with van der Waals surface area (Å²) in [5, 5.41) is 103. The molecule has 0 saturated carbocycles. The van der Waals surface area contributed by atoms with Crippen molar-refractivity contribution in [1.82, 2.24) is 5.32 Å². The molecular formula is C20H33NO17. The number of amides is 1. The highest BCUT2D eigenvalue weighted by molar-refractivity contribution is 5.73. The van der Waals surface area contributed by atoms with Crippen molar-refractivity contribution < 1.29 is 84.3 Å². The summed E-state index contributed by atoms with van der Waals surface area (Å²) >= 11 is 0. The summed E-state index contributed by atoms with van der Waals surface area (Å²) in [7, 11) is 0. The first kappa shape index (κ1) is 30.9. The SMILES string of the molecule is CC(=O)N[C@@H]1[C@@H](O[C@@H]2O[C@H](C(=O)O)[C@@H](O[C@H]3O[C@H](CO)[C@@H](O)[C@H](O)[C@H]3O)[C@H](O)[C@H]2O)[C@@H](O)[C@@H](CO)O[C@H]1O. The molecule has 1 amide bonds. The van der Waals surface area contributed by atoms with E-state index in [1.165, 1.54) is 0 Å². The number of nitrogens with one attached hydrogen (secondary N) is 1. The second-order valence-electron chi connectivity index (χ2n) is 9.11. The molecule has 0 aromatic heterocycles. The van der Waals surface area contributed by atoms with Crippen LogP contribution < -0.4 is 5.32 Å². The monoisotopic (exact) mass is 559 g/mol. The van der Waals surface area contributed by atoms with Crippen molar-refractivity contribution in [2.45, 2.75) is 99.0 Å². The lowest BCUT2D eigenvalue weighted by Crippen LogP contribution is -2.68. The van der Waals surface area contributed by atoms with Crippen molar-refractivity contribution in [3.05, 3.63) is 0 Å². The van der Waals surface area contributed by atoms with Gasteiger partial charge in [-0.2, -0.15) is 0 Å². The van der Waals surface area contributed by atoms with Crippen molar-refractivity contribution in [3.63, 3.8) is 0 Å². The average molecular weight is 559 g/mol. The van der Waals surface area contributed by atoms with Gasteiger partial charge in [0.1, 0.15) is 67.1 Å². The lowest BCUT2D eigenvalue weighted by Gasteiger charge is -2.47. The first-order valence-corrected chi connectivity index (χ1v) is 11.6. The molecular weight excluding hydrogens is 526 g/mol. The molecule has 3 aliphatic rings. The Morgan fingerprint density at radius 2 is 1.24 bits per heavy atom. The van der Waals surface area contributed by atoms with Gasteiger partial charge in [0, 0.05) is 6.92 Å². The second-order valence-corrected chi connectivity index (χ2v) is 9.11. The maximum atomic E-state index is 12.0. The number of carbonyl (C=O) groups excluding carboxylic acids is 1. The minimum absolute atomic E-state index is 0.692. The van der Waals surface area contributed by atoms with Gasteiger partial charge in [0.2, 0.25) is 5.91 Å². The Bertz CT molecular complexity index is 816. The van der Waals surface area contributed by atoms with Crippen LogP contribution in [-0.4, -0.2) is 168 Å². The molecule has 0 radical (unpaired) electrons. The van der Waals surface area contributed by atoms with Crippen molar-refractivity contribution in [1.29, 1.82) is 0 Å². The van der Waals surface area contributed by atoms with E-state index in [0.29, 0.717) is 0 Å². The minimum atomic E-state index is -2.13. The molecule has 11 N–H and O–H groups in total. The fourth-order valence-electron chi connectivity index (χ4n) is 4.42. The van der Waals surface area contributed by atoms with Gasteiger partial charge < -0.3 is 80.1 Å². The lowest BCUT2D eigenvalue weighted by molar-refractivity contribution is -0.367. The topological polar surface area (TPSA) is 295 Å². The molecule has 0 bridgehead atoms. The van der Waals surface area contributed by atoms with Crippen molar-refractivity contribution in [2.75, 3.05) is 13.2 Å². The quantitative estimate of drug-likeness (QED) is 0.132. The van der Waals surface area contributed by atoms with Crippen molar-refractivity contribution in [2.24, 2.45) is 0 Å². The smallest absolute Gasteiger partial charge is 0.335 e. The molecule has 0 aliphatic carbocycles.